The van der Waals surface area contributed by atoms with Crippen LogP contribution in [0.1, 0.15) is 36.5 Å². The number of nitrogens with two attached hydrogens (primary N) is 1. The van der Waals surface area contributed by atoms with Crippen LogP contribution in [0.5, 0.6) is 0 Å². The Hall–Kier alpha value is -0.450. The van der Waals surface area contributed by atoms with E-state index in [0.29, 0.717) is 0 Å². The molecule has 0 saturated carbocycles. The number of thiazole rings is 1. The zero-order chi connectivity index (χ0) is 10.7. The number of rotatable bonds is 3. The maximum absolute atomic E-state index is 5.79. The molecule has 0 radical (unpaired) electrons. The van der Waals surface area contributed by atoms with Crippen molar-refractivity contribution < 1.29 is 0 Å². The summed E-state index contributed by atoms with van der Waals surface area (Å²) in [6.45, 7) is 4.31. The highest BCUT2D eigenvalue weighted by Gasteiger charge is 2.15. The highest BCUT2D eigenvalue weighted by atomic mass is 32.1. The lowest BCUT2D eigenvalue weighted by molar-refractivity contribution is 0.375. The Morgan fingerprint density at radius 2 is 2.60 bits per heavy atom. The highest BCUT2D eigenvalue weighted by molar-refractivity contribution is 7.09. The van der Waals surface area contributed by atoms with Crippen molar-refractivity contribution in [2.75, 3.05) is 13.1 Å². The number of nitrogens with one attached hydrogen (secondary N) is 1. The lowest BCUT2D eigenvalue weighted by atomic mass is 9.97. The molecule has 1 aromatic heterocycles. The van der Waals surface area contributed by atoms with Crippen LogP contribution >= 0.6 is 11.3 Å². The van der Waals surface area contributed by atoms with Gasteiger partial charge in [-0.3, -0.25) is 0 Å². The zero-order valence-corrected chi connectivity index (χ0v) is 10.0. The molecule has 1 saturated heterocycles. The van der Waals surface area contributed by atoms with Crippen molar-refractivity contribution in [2.24, 2.45) is 11.7 Å². The fraction of sp³-hybridized carbons (Fsp3) is 0.727. The molecule has 1 fully saturated rings. The number of hydrogen-bond donors (Lipinski definition) is 2. The maximum atomic E-state index is 5.79. The molecule has 2 unspecified atom stereocenters. The maximum Gasteiger partial charge on any atom is 0.0932 e. The lowest BCUT2D eigenvalue weighted by Gasteiger charge is -2.21. The number of aromatic nitrogens is 1. The molecular formula is C11H19N3S. The summed E-state index contributed by atoms with van der Waals surface area (Å²) in [4.78, 5) is 4.57. The minimum Gasteiger partial charge on any atom is -0.323 e. The van der Waals surface area contributed by atoms with E-state index in [9.17, 15) is 0 Å². The molecule has 3 N–H and O–H groups in total. The fourth-order valence-corrected chi connectivity index (χ4v) is 2.99. The summed E-state index contributed by atoms with van der Waals surface area (Å²) in [6.07, 6.45) is 3.75. The van der Waals surface area contributed by atoms with E-state index < -0.39 is 0 Å². The normalized spacial score (nSPS) is 24.0. The molecule has 84 valence electrons. The largest absolute Gasteiger partial charge is 0.323 e. The smallest absolute Gasteiger partial charge is 0.0932 e. The Morgan fingerprint density at radius 1 is 1.73 bits per heavy atom. The van der Waals surface area contributed by atoms with Crippen molar-refractivity contribution in [3.63, 3.8) is 0 Å². The molecule has 1 aliphatic heterocycles. The molecule has 0 bridgehead atoms. The van der Waals surface area contributed by atoms with Gasteiger partial charge in [0.15, 0.2) is 0 Å². The second-order valence-corrected chi connectivity index (χ2v) is 5.31. The Bertz CT molecular complexity index is 303. The first-order valence-electron chi connectivity index (χ1n) is 5.66. The molecule has 4 heteroatoms. The van der Waals surface area contributed by atoms with Gasteiger partial charge in [0.05, 0.1) is 10.7 Å². The number of piperidine rings is 1. The SMILES string of the molecule is CC(N)c1csc(CC2CCCNC2)n1. The number of hydrogen-bond acceptors (Lipinski definition) is 4. The second-order valence-electron chi connectivity index (χ2n) is 4.37. The summed E-state index contributed by atoms with van der Waals surface area (Å²) >= 11 is 1.75. The third kappa shape index (κ3) is 3.00. The van der Waals surface area contributed by atoms with Crippen molar-refractivity contribution >= 4 is 11.3 Å². The van der Waals surface area contributed by atoms with Crippen LogP contribution < -0.4 is 11.1 Å². The Balaban J connectivity index is 1.91. The molecule has 0 aliphatic carbocycles. The van der Waals surface area contributed by atoms with Crippen LogP contribution in [0, 0.1) is 5.92 Å². The molecule has 0 spiro atoms. The lowest BCUT2D eigenvalue weighted by Crippen LogP contribution is -2.30. The van der Waals surface area contributed by atoms with Crippen molar-refractivity contribution in [2.45, 2.75) is 32.2 Å². The predicted molar refractivity (Wildman–Crippen MR) is 64.0 cm³/mol. The van der Waals surface area contributed by atoms with Crippen LogP contribution in [-0.2, 0) is 6.42 Å². The molecule has 15 heavy (non-hydrogen) atoms. The van der Waals surface area contributed by atoms with Gasteiger partial charge < -0.3 is 11.1 Å². The van der Waals surface area contributed by atoms with Gasteiger partial charge in [0, 0.05) is 17.8 Å². The van der Waals surface area contributed by atoms with E-state index in [4.69, 9.17) is 5.73 Å². The van der Waals surface area contributed by atoms with Crippen LogP contribution in [0.15, 0.2) is 5.38 Å². The van der Waals surface area contributed by atoms with Crippen LogP contribution in [-0.4, -0.2) is 18.1 Å². The third-order valence-corrected chi connectivity index (χ3v) is 3.79. The fourth-order valence-electron chi connectivity index (χ4n) is 1.97. The molecule has 1 aromatic rings. The van der Waals surface area contributed by atoms with Gasteiger partial charge in [-0.1, -0.05) is 0 Å². The van der Waals surface area contributed by atoms with Crippen LogP contribution in [0.3, 0.4) is 0 Å². The Kier molecular flexibility index (Phi) is 3.72. The van der Waals surface area contributed by atoms with Crippen LogP contribution in [0.25, 0.3) is 0 Å². The van der Waals surface area contributed by atoms with Gasteiger partial charge in [0.25, 0.3) is 0 Å². The average molecular weight is 225 g/mol. The van der Waals surface area contributed by atoms with E-state index in [1.54, 1.807) is 11.3 Å². The molecule has 2 heterocycles. The monoisotopic (exact) mass is 225 g/mol. The molecule has 2 atom stereocenters. The van der Waals surface area contributed by atoms with Gasteiger partial charge in [-0.05, 0) is 38.8 Å². The molecule has 3 nitrogen and oxygen atoms in total. The topological polar surface area (TPSA) is 50.9 Å². The zero-order valence-electron chi connectivity index (χ0n) is 9.20. The predicted octanol–water partition coefficient (Wildman–Crippen LogP) is 1.70. The van der Waals surface area contributed by atoms with E-state index in [2.05, 4.69) is 15.7 Å². The molecule has 1 aliphatic rings. The van der Waals surface area contributed by atoms with Crippen LogP contribution in [0.2, 0.25) is 0 Å². The van der Waals surface area contributed by atoms with Gasteiger partial charge in [-0.25, -0.2) is 4.98 Å². The Labute approximate surface area is 95.1 Å². The van der Waals surface area contributed by atoms with E-state index in [-0.39, 0.29) is 6.04 Å². The minimum absolute atomic E-state index is 0.0690. The van der Waals surface area contributed by atoms with Gasteiger partial charge in [0.1, 0.15) is 0 Å². The van der Waals surface area contributed by atoms with E-state index >= 15 is 0 Å². The van der Waals surface area contributed by atoms with E-state index in [0.717, 1.165) is 24.6 Å². The highest BCUT2D eigenvalue weighted by Crippen LogP contribution is 2.21. The van der Waals surface area contributed by atoms with Crippen molar-refractivity contribution in [1.29, 1.82) is 0 Å². The first kappa shape index (κ1) is 11.0. The Morgan fingerprint density at radius 3 is 3.20 bits per heavy atom. The van der Waals surface area contributed by atoms with E-state index in [1.165, 1.54) is 24.4 Å². The van der Waals surface area contributed by atoms with Crippen molar-refractivity contribution in [1.82, 2.24) is 10.3 Å². The first-order chi connectivity index (χ1) is 7.25. The quantitative estimate of drug-likeness (QED) is 0.823. The molecular weight excluding hydrogens is 206 g/mol. The van der Waals surface area contributed by atoms with Crippen molar-refractivity contribution in [3.05, 3.63) is 16.1 Å². The summed E-state index contributed by atoms with van der Waals surface area (Å²) in [7, 11) is 0. The summed E-state index contributed by atoms with van der Waals surface area (Å²) in [5.74, 6) is 0.769. The second kappa shape index (κ2) is 5.05. The van der Waals surface area contributed by atoms with Gasteiger partial charge in [-0.2, -0.15) is 0 Å². The summed E-state index contributed by atoms with van der Waals surface area (Å²) in [5, 5.41) is 6.78. The number of nitrogens with zero attached hydrogens (tertiary/aromatic N) is 1. The van der Waals surface area contributed by atoms with Gasteiger partial charge in [0.2, 0.25) is 0 Å². The molecule has 0 aromatic carbocycles. The third-order valence-electron chi connectivity index (χ3n) is 2.90. The van der Waals surface area contributed by atoms with Crippen molar-refractivity contribution in [3.8, 4) is 0 Å². The first-order valence-corrected chi connectivity index (χ1v) is 6.54. The summed E-state index contributed by atoms with van der Waals surface area (Å²) in [5.41, 5.74) is 6.83. The van der Waals surface area contributed by atoms with Crippen LogP contribution in [0.4, 0.5) is 0 Å². The minimum atomic E-state index is 0.0690. The van der Waals surface area contributed by atoms with E-state index in [1.807, 2.05) is 6.92 Å². The van der Waals surface area contributed by atoms with Gasteiger partial charge >= 0.3 is 0 Å². The van der Waals surface area contributed by atoms with Gasteiger partial charge in [-0.15, -0.1) is 11.3 Å². The average Bonchev–Trinajstić information content (AvgIpc) is 2.68. The molecule has 0 amide bonds. The standard InChI is InChI=1S/C11H19N3S/c1-8(12)10-7-15-11(14-10)5-9-3-2-4-13-6-9/h7-9,13H,2-6,12H2,1H3. The molecule has 2 rings (SSSR count). The summed E-state index contributed by atoms with van der Waals surface area (Å²) < 4.78 is 0. The summed E-state index contributed by atoms with van der Waals surface area (Å²) in [6, 6.07) is 0.0690.